The summed E-state index contributed by atoms with van der Waals surface area (Å²) in [5.74, 6) is 0.563. The lowest BCUT2D eigenvalue weighted by molar-refractivity contribution is -0.384. The summed E-state index contributed by atoms with van der Waals surface area (Å²) in [6.07, 6.45) is 7.10. The van der Waals surface area contributed by atoms with Crippen LogP contribution < -0.4 is 5.32 Å². The van der Waals surface area contributed by atoms with Gasteiger partial charge in [0.05, 0.1) is 16.7 Å². The van der Waals surface area contributed by atoms with Crippen molar-refractivity contribution in [1.82, 2.24) is 4.98 Å². The highest BCUT2D eigenvalue weighted by molar-refractivity contribution is 5.62. The van der Waals surface area contributed by atoms with Crippen LogP contribution in [-0.2, 0) is 0 Å². The van der Waals surface area contributed by atoms with Crippen LogP contribution in [0, 0.1) is 16.0 Å². The Morgan fingerprint density at radius 1 is 1.27 bits per heavy atom. The van der Waals surface area contributed by atoms with Crippen LogP contribution >= 0.6 is 0 Å². The zero-order chi connectivity index (χ0) is 15.1. The summed E-state index contributed by atoms with van der Waals surface area (Å²) < 4.78 is 0. The van der Waals surface area contributed by atoms with Crippen molar-refractivity contribution in [3.05, 3.63) is 76.1 Å². The van der Waals surface area contributed by atoms with E-state index in [2.05, 4.69) is 22.5 Å². The minimum atomic E-state index is -0.335. The fraction of sp³-hybridized carbons (Fsp3) is 0.235. The van der Waals surface area contributed by atoms with E-state index in [1.165, 1.54) is 0 Å². The number of nitro benzene ring substituents is 1. The molecule has 1 N–H and O–H groups in total. The number of benzene rings is 1. The van der Waals surface area contributed by atoms with Crippen LogP contribution in [0.3, 0.4) is 0 Å². The van der Waals surface area contributed by atoms with E-state index >= 15 is 0 Å². The Kier molecular flexibility index (Phi) is 2.92. The molecule has 0 saturated heterocycles. The first kappa shape index (κ1) is 13.0. The molecule has 0 fully saturated rings. The number of rotatable bonds is 2. The summed E-state index contributed by atoms with van der Waals surface area (Å²) in [7, 11) is 0. The van der Waals surface area contributed by atoms with Crippen LogP contribution in [0.15, 0.2) is 54.7 Å². The van der Waals surface area contributed by atoms with Gasteiger partial charge in [0.2, 0.25) is 0 Å². The average Bonchev–Trinajstić information content (AvgIpc) is 3.04. The number of pyridine rings is 1. The van der Waals surface area contributed by atoms with Crippen LogP contribution in [0.4, 0.5) is 11.4 Å². The minimum absolute atomic E-state index is 0.134. The van der Waals surface area contributed by atoms with Crippen LogP contribution in [0.25, 0.3) is 0 Å². The zero-order valence-corrected chi connectivity index (χ0v) is 11.8. The first-order valence-electron chi connectivity index (χ1n) is 7.36. The van der Waals surface area contributed by atoms with Crippen molar-refractivity contribution < 1.29 is 4.92 Å². The number of nitrogens with zero attached hydrogens (tertiary/aromatic N) is 2. The molecule has 1 aliphatic carbocycles. The number of nitro groups is 1. The van der Waals surface area contributed by atoms with E-state index in [-0.39, 0.29) is 22.6 Å². The molecule has 0 saturated carbocycles. The van der Waals surface area contributed by atoms with Gasteiger partial charge in [-0.1, -0.05) is 18.2 Å². The molecule has 0 radical (unpaired) electrons. The molecule has 0 unspecified atom stereocenters. The van der Waals surface area contributed by atoms with E-state index < -0.39 is 0 Å². The van der Waals surface area contributed by atoms with Gasteiger partial charge in [0.1, 0.15) is 0 Å². The predicted octanol–water partition coefficient (Wildman–Crippen LogP) is 3.82. The van der Waals surface area contributed by atoms with Gasteiger partial charge in [-0.25, -0.2) is 0 Å². The highest BCUT2D eigenvalue weighted by atomic mass is 16.6. The summed E-state index contributed by atoms with van der Waals surface area (Å²) in [6.45, 7) is 0. The Balaban J connectivity index is 1.79. The Morgan fingerprint density at radius 2 is 2.18 bits per heavy atom. The Labute approximate surface area is 127 Å². The van der Waals surface area contributed by atoms with Crippen molar-refractivity contribution >= 4 is 11.4 Å². The van der Waals surface area contributed by atoms with Crippen molar-refractivity contribution in [3.63, 3.8) is 0 Å². The highest BCUT2D eigenvalue weighted by Gasteiger charge is 2.39. The van der Waals surface area contributed by atoms with Crippen molar-refractivity contribution in [2.24, 2.45) is 5.92 Å². The molecule has 0 bridgehead atoms. The lowest BCUT2D eigenvalue weighted by atomic mass is 9.78. The Bertz CT molecular complexity index is 758. The van der Waals surface area contributed by atoms with Gasteiger partial charge in [-0.15, -0.1) is 0 Å². The number of anilines is 1. The van der Waals surface area contributed by atoms with Crippen molar-refractivity contribution in [3.8, 4) is 0 Å². The van der Waals surface area contributed by atoms with Gasteiger partial charge in [-0.05, 0) is 36.1 Å². The van der Waals surface area contributed by atoms with Gasteiger partial charge in [0.15, 0.2) is 0 Å². The van der Waals surface area contributed by atoms with Gasteiger partial charge in [-0.2, -0.15) is 0 Å². The molecular formula is C17H15N3O2. The average molecular weight is 293 g/mol. The number of non-ortho nitro benzene ring substituents is 1. The third kappa shape index (κ3) is 1.97. The zero-order valence-electron chi connectivity index (χ0n) is 11.8. The molecule has 4 rings (SSSR count). The quantitative estimate of drug-likeness (QED) is 0.519. The summed E-state index contributed by atoms with van der Waals surface area (Å²) in [5.41, 5.74) is 3.15. The molecule has 3 atom stereocenters. The fourth-order valence-electron chi connectivity index (χ4n) is 3.55. The summed E-state index contributed by atoms with van der Waals surface area (Å²) >= 11 is 0. The van der Waals surface area contributed by atoms with Crippen LogP contribution in [0.5, 0.6) is 0 Å². The molecule has 1 aliphatic heterocycles. The fourth-order valence-corrected chi connectivity index (χ4v) is 3.55. The lowest BCUT2D eigenvalue weighted by Gasteiger charge is -2.36. The van der Waals surface area contributed by atoms with Crippen molar-refractivity contribution in [1.29, 1.82) is 0 Å². The smallest absolute Gasteiger partial charge is 0.269 e. The highest BCUT2D eigenvalue weighted by Crippen LogP contribution is 2.49. The van der Waals surface area contributed by atoms with Gasteiger partial charge in [0, 0.05) is 29.9 Å². The third-order valence-electron chi connectivity index (χ3n) is 4.56. The lowest BCUT2D eigenvalue weighted by Crippen LogP contribution is -2.29. The normalized spacial score (nSPS) is 25.2. The molecule has 2 aromatic rings. The van der Waals surface area contributed by atoms with E-state index in [0.29, 0.717) is 5.92 Å². The number of allylic oxidation sites excluding steroid dienone is 2. The van der Waals surface area contributed by atoms with E-state index in [1.807, 2.05) is 24.3 Å². The summed E-state index contributed by atoms with van der Waals surface area (Å²) in [5, 5.41) is 14.5. The predicted molar refractivity (Wildman–Crippen MR) is 83.7 cm³/mol. The molecule has 110 valence electrons. The maximum Gasteiger partial charge on any atom is 0.269 e. The monoisotopic (exact) mass is 293 g/mol. The van der Waals surface area contributed by atoms with Crippen LogP contribution in [-0.4, -0.2) is 9.91 Å². The number of hydrogen-bond donors (Lipinski definition) is 1. The minimum Gasteiger partial charge on any atom is -0.376 e. The van der Waals surface area contributed by atoms with Gasteiger partial charge in [-0.3, -0.25) is 15.1 Å². The largest absolute Gasteiger partial charge is 0.376 e. The van der Waals surface area contributed by atoms with Gasteiger partial charge in [0.25, 0.3) is 5.69 Å². The molecule has 0 amide bonds. The third-order valence-corrected chi connectivity index (χ3v) is 4.56. The SMILES string of the molecule is O=[N+]([O-])c1ccc2c(c1)[C@@H]1C=CC[C@@H]1[C@H](c1ccccn1)N2. The van der Waals surface area contributed by atoms with Gasteiger partial charge >= 0.3 is 0 Å². The molecule has 5 heteroatoms. The molecular weight excluding hydrogens is 278 g/mol. The Hall–Kier alpha value is -2.69. The second-order valence-electron chi connectivity index (χ2n) is 5.76. The molecule has 2 heterocycles. The summed E-state index contributed by atoms with van der Waals surface area (Å²) in [6, 6.07) is 11.1. The van der Waals surface area contributed by atoms with E-state index in [0.717, 1.165) is 23.4 Å². The number of aromatic nitrogens is 1. The molecule has 22 heavy (non-hydrogen) atoms. The van der Waals surface area contributed by atoms with E-state index in [9.17, 15) is 10.1 Å². The Morgan fingerprint density at radius 3 is 2.95 bits per heavy atom. The number of nitrogens with one attached hydrogen (secondary N) is 1. The van der Waals surface area contributed by atoms with E-state index in [1.54, 1.807) is 18.3 Å². The topological polar surface area (TPSA) is 68.1 Å². The first-order valence-corrected chi connectivity index (χ1v) is 7.36. The van der Waals surface area contributed by atoms with Gasteiger partial charge < -0.3 is 5.32 Å². The molecule has 1 aromatic heterocycles. The maximum absolute atomic E-state index is 11.0. The second-order valence-corrected chi connectivity index (χ2v) is 5.76. The van der Waals surface area contributed by atoms with Crippen molar-refractivity contribution in [2.75, 3.05) is 5.32 Å². The number of fused-ring (bicyclic) bond motifs is 3. The first-order chi connectivity index (χ1) is 10.7. The molecule has 0 spiro atoms. The van der Waals surface area contributed by atoms with Crippen molar-refractivity contribution in [2.45, 2.75) is 18.4 Å². The van der Waals surface area contributed by atoms with Crippen LogP contribution in [0.1, 0.15) is 29.6 Å². The second kappa shape index (κ2) is 4.94. The molecule has 2 aliphatic rings. The van der Waals surface area contributed by atoms with Crippen LogP contribution in [0.2, 0.25) is 0 Å². The molecule has 1 aromatic carbocycles. The standard InChI is InChI=1S/C17H15N3O2/c21-20(22)11-7-8-15-14(10-11)12-4-3-5-13(12)17(19-15)16-6-1-2-9-18-16/h1-4,6-10,12-13,17,19H,5H2/t12-,13+,17-/m1/s1. The molecule has 5 nitrogen and oxygen atoms in total. The summed E-state index contributed by atoms with van der Waals surface area (Å²) in [4.78, 5) is 15.2. The maximum atomic E-state index is 11.0. The van der Waals surface area contributed by atoms with E-state index in [4.69, 9.17) is 0 Å². The number of hydrogen-bond acceptors (Lipinski definition) is 4.